The number of hydrogen-bond donors (Lipinski definition) is 1. The predicted molar refractivity (Wildman–Crippen MR) is 70.1 cm³/mol. The largest absolute Gasteiger partial charge is 0.478 e. The van der Waals surface area contributed by atoms with Crippen LogP contribution in [0.15, 0.2) is 42.5 Å². The molecule has 0 heterocycles. The number of ether oxygens (including phenoxy) is 1. The second-order valence-corrected chi connectivity index (χ2v) is 4.11. The average molecular weight is 274 g/mol. The van der Waals surface area contributed by atoms with E-state index in [1.165, 1.54) is 31.4 Å². The number of methoxy groups -OCH3 is 1. The van der Waals surface area contributed by atoms with Gasteiger partial charge in [-0.15, -0.1) is 0 Å². The number of benzene rings is 2. The summed E-state index contributed by atoms with van der Waals surface area (Å²) in [6.45, 7) is 0. The minimum absolute atomic E-state index is 0.0724. The molecule has 2 aromatic carbocycles. The van der Waals surface area contributed by atoms with Gasteiger partial charge >= 0.3 is 11.9 Å². The molecule has 20 heavy (non-hydrogen) atoms. The van der Waals surface area contributed by atoms with Crippen LogP contribution in [-0.2, 0) is 4.74 Å². The van der Waals surface area contributed by atoms with Gasteiger partial charge in [0.15, 0.2) is 0 Å². The summed E-state index contributed by atoms with van der Waals surface area (Å²) in [6, 6.07) is 9.80. The average Bonchev–Trinajstić information content (AvgIpc) is 2.45. The molecule has 1 N–H and O–H groups in total. The molecule has 0 saturated heterocycles. The topological polar surface area (TPSA) is 63.6 Å². The molecule has 0 radical (unpaired) electrons. The summed E-state index contributed by atoms with van der Waals surface area (Å²) in [5.41, 5.74) is 1.08. The Kier molecular flexibility index (Phi) is 3.79. The Bertz CT molecular complexity index is 679. The summed E-state index contributed by atoms with van der Waals surface area (Å²) in [4.78, 5) is 22.4. The molecule has 102 valence electrons. The molecular weight excluding hydrogens is 263 g/mol. The second kappa shape index (κ2) is 5.52. The van der Waals surface area contributed by atoms with Gasteiger partial charge in [0.2, 0.25) is 0 Å². The molecule has 0 spiro atoms. The molecule has 5 heteroatoms. The van der Waals surface area contributed by atoms with Crippen LogP contribution in [0, 0.1) is 5.82 Å². The standard InChI is InChI=1S/C15H11FO4/c1-20-15(19)12-6-11(7-13(16)8-12)9-3-2-4-10(5-9)14(17)18/h2-8H,1H3,(H,17,18). The first-order valence-electron chi connectivity index (χ1n) is 5.74. The van der Waals surface area contributed by atoms with Gasteiger partial charge in [0, 0.05) is 0 Å². The molecule has 0 fully saturated rings. The van der Waals surface area contributed by atoms with Crippen molar-refractivity contribution in [1.82, 2.24) is 0 Å². The number of carboxylic acid groups (broad SMARTS) is 1. The quantitative estimate of drug-likeness (QED) is 0.874. The third-order valence-corrected chi connectivity index (χ3v) is 2.76. The van der Waals surface area contributed by atoms with E-state index < -0.39 is 17.8 Å². The summed E-state index contributed by atoms with van der Waals surface area (Å²) in [7, 11) is 1.21. The minimum Gasteiger partial charge on any atom is -0.478 e. The summed E-state index contributed by atoms with van der Waals surface area (Å²) in [5, 5.41) is 8.94. The summed E-state index contributed by atoms with van der Waals surface area (Å²) in [6.07, 6.45) is 0. The van der Waals surface area contributed by atoms with Crippen molar-refractivity contribution in [3.05, 3.63) is 59.4 Å². The minimum atomic E-state index is -1.07. The Morgan fingerprint density at radius 3 is 2.40 bits per heavy atom. The number of rotatable bonds is 3. The highest BCUT2D eigenvalue weighted by Gasteiger charge is 2.11. The van der Waals surface area contributed by atoms with E-state index in [2.05, 4.69) is 4.74 Å². The van der Waals surface area contributed by atoms with Gasteiger partial charge in [-0.3, -0.25) is 0 Å². The van der Waals surface area contributed by atoms with Crippen molar-refractivity contribution < 1.29 is 23.8 Å². The first-order valence-corrected chi connectivity index (χ1v) is 5.74. The Hall–Kier alpha value is -2.69. The smallest absolute Gasteiger partial charge is 0.337 e. The highest BCUT2D eigenvalue weighted by Crippen LogP contribution is 2.23. The maximum Gasteiger partial charge on any atom is 0.337 e. The molecule has 0 saturated carbocycles. The summed E-state index contributed by atoms with van der Waals surface area (Å²) < 4.78 is 18.1. The second-order valence-electron chi connectivity index (χ2n) is 4.11. The molecule has 0 atom stereocenters. The Labute approximate surface area is 114 Å². The van der Waals surface area contributed by atoms with E-state index >= 15 is 0 Å². The fraction of sp³-hybridized carbons (Fsp3) is 0.0667. The zero-order chi connectivity index (χ0) is 14.7. The van der Waals surface area contributed by atoms with Crippen LogP contribution in [0.25, 0.3) is 11.1 Å². The van der Waals surface area contributed by atoms with E-state index in [9.17, 15) is 14.0 Å². The molecule has 2 aromatic rings. The third kappa shape index (κ3) is 2.83. The van der Waals surface area contributed by atoms with Gasteiger partial charge in [-0.1, -0.05) is 12.1 Å². The van der Waals surface area contributed by atoms with E-state index in [1.807, 2.05) is 0 Å². The molecular formula is C15H11FO4. The molecule has 0 aliphatic carbocycles. The maximum absolute atomic E-state index is 13.5. The predicted octanol–water partition coefficient (Wildman–Crippen LogP) is 2.98. The zero-order valence-electron chi connectivity index (χ0n) is 10.6. The Morgan fingerprint density at radius 2 is 1.75 bits per heavy atom. The van der Waals surface area contributed by atoms with Crippen molar-refractivity contribution in [3.63, 3.8) is 0 Å². The van der Waals surface area contributed by atoms with Gasteiger partial charge in [0.1, 0.15) is 5.82 Å². The molecule has 0 aromatic heterocycles. The van der Waals surface area contributed by atoms with Crippen molar-refractivity contribution in [2.24, 2.45) is 0 Å². The van der Waals surface area contributed by atoms with Crippen molar-refractivity contribution in [2.75, 3.05) is 7.11 Å². The highest BCUT2D eigenvalue weighted by atomic mass is 19.1. The van der Waals surface area contributed by atoms with E-state index in [0.717, 1.165) is 6.07 Å². The van der Waals surface area contributed by atoms with Crippen LogP contribution >= 0.6 is 0 Å². The lowest BCUT2D eigenvalue weighted by Crippen LogP contribution is -2.02. The van der Waals surface area contributed by atoms with Gasteiger partial charge in [0.25, 0.3) is 0 Å². The zero-order valence-corrected chi connectivity index (χ0v) is 10.6. The summed E-state index contributed by atoms with van der Waals surface area (Å²) in [5.74, 6) is -2.32. The van der Waals surface area contributed by atoms with Crippen LogP contribution in [-0.4, -0.2) is 24.2 Å². The van der Waals surface area contributed by atoms with Crippen LogP contribution in [0.3, 0.4) is 0 Å². The van der Waals surface area contributed by atoms with Gasteiger partial charge < -0.3 is 9.84 Å². The SMILES string of the molecule is COC(=O)c1cc(F)cc(-c2cccc(C(=O)O)c2)c1. The van der Waals surface area contributed by atoms with Gasteiger partial charge in [0.05, 0.1) is 18.2 Å². The normalized spacial score (nSPS) is 10.1. The molecule has 0 bridgehead atoms. The van der Waals surface area contributed by atoms with Crippen LogP contribution in [0.4, 0.5) is 4.39 Å². The lowest BCUT2D eigenvalue weighted by Gasteiger charge is -2.06. The van der Waals surface area contributed by atoms with Crippen LogP contribution in [0.1, 0.15) is 20.7 Å². The molecule has 0 unspecified atom stereocenters. The number of carbonyl (C=O) groups is 2. The molecule has 2 rings (SSSR count). The monoisotopic (exact) mass is 274 g/mol. The Balaban J connectivity index is 2.52. The number of hydrogen-bond acceptors (Lipinski definition) is 3. The van der Waals surface area contributed by atoms with E-state index in [0.29, 0.717) is 11.1 Å². The molecule has 0 aliphatic rings. The first kappa shape index (κ1) is 13.7. The van der Waals surface area contributed by atoms with Crippen molar-refractivity contribution in [2.45, 2.75) is 0 Å². The fourth-order valence-corrected chi connectivity index (χ4v) is 1.82. The van der Waals surface area contributed by atoms with E-state index in [1.54, 1.807) is 12.1 Å². The van der Waals surface area contributed by atoms with Crippen LogP contribution < -0.4 is 0 Å². The maximum atomic E-state index is 13.5. The van der Waals surface area contributed by atoms with E-state index in [-0.39, 0.29) is 11.1 Å². The number of halogens is 1. The van der Waals surface area contributed by atoms with Crippen molar-refractivity contribution in [3.8, 4) is 11.1 Å². The molecule has 0 aliphatic heterocycles. The van der Waals surface area contributed by atoms with Crippen LogP contribution in [0.2, 0.25) is 0 Å². The lowest BCUT2D eigenvalue weighted by molar-refractivity contribution is 0.0599. The van der Waals surface area contributed by atoms with Crippen molar-refractivity contribution in [1.29, 1.82) is 0 Å². The number of aromatic carboxylic acids is 1. The van der Waals surface area contributed by atoms with Crippen molar-refractivity contribution >= 4 is 11.9 Å². The number of esters is 1. The highest BCUT2D eigenvalue weighted by molar-refractivity contribution is 5.92. The number of carbonyl (C=O) groups excluding carboxylic acids is 1. The van der Waals surface area contributed by atoms with Gasteiger partial charge in [-0.25, -0.2) is 14.0 Å². The molecule has 4 nitrogen and oxygen atoms in total. The fourth-order valence-electron chi connectivity index (χ4n) is 1.82. The van der Waals surface area contributed by atoms with E-state index in [4.69, 9.17) is 5.11 Å². The Morgan fingerprint density at radius 1 is 1.05 bits per heavy atom. The molecule has 0 amide bonds. The lowest BCUT2D eigenvalue weighted by atomic mass is 10.0. The first-order chi connectivity index (χ1) is 9.51. The number of carboxylic acids is 1. The van der Waals surface area contributed by atoms with Crippen LogP contribution in [0.5, 0.6) is 0 Å². The summed E-state index contributed by atoms with van der Waals surface area (Å²) >= 11 is 0. The van der Waals surface area contributed by atoms with Gasteiger partial charge in [-0.05, 0) is 41.5 Å². The van der Waals surface area contributed by atoms with Gasteiger partial charge in [-0.2, -0.15) is 0 Å². The third-order valence-electron chi connectivity index (χ3n) is 2.76.